The number of pyridine rings is 1. The van der Waals surface area contributed by atoms with Crippen LogP contribution in [0.5, 0.6) is 0 Å². The van der Waals surface area contributed by atoms with Gasteiger partial charge in [-0.1, -0.05) is 6.07 Å². The molecule has 2 rings (SSSR count). The molecule has 1 atom stereocenters. The molecular weight excluding hydrogens is 292 g/mol. The number of anilines is 1. The number of aromatic nitrogens is 1. The highest BCUT2D eigenvalue weighted by Crippen LogP contribution is 2.16. The van der Waals surface area contributed by atoms with Crippen LogP contribution in [-0.2, 0) is 11.3 Å². The van der Waals surface area contributed by atoms with E-state index < -0.39 is 5.60 Å². The van der Waals surface area contributed by atoms with E-state index in [4.69, 9.17) is 4.74 Å². The molecule has 1 fully saturated rings. The first-order valence-corrected chi connectivity index (χ1v) is 8.08. The Labute approximate surface area is 138 Å². The minimum absolute atomic E-state index is 0.223. The van der Waals surface area contributed by atoms with Crippen molar-refractivity contribution in [1.82, 2.24) is 15.2 Å². The Morgan fingerprint density at radius 3 is 2.74 bits per heavy atom. The Morgan fingerprint density at radius 2 is 2.17 bits per heavy atom. The maximum atomic E-state index is 12.0. The van der Waals surface area contributed by atoms with Gasteiger partial charge in [-0.25, -0.2) is 9.78 Å². The Kier molecular flexibility index (Phi) is 5.46. The molecule has 1 amide bonds. The summed E-state index contributed by atoms with van der Waals surface area (Å²) in [4.78, 5) is 20.2. The van der Waals surface area contributed by atoms with Gasteiger partial charge in [-0.2, -0.15) is 0 Å². The van der Waals surface area contributed by atoms with Gasteiger partial charge in [0, 0.05) is 46.0 Å². The summed E-state index contributed by atoms with van der Waals surface area (Å²) >= 11 is 0. The molecule has 6 nitrogen and oxygen atoms in total. The lowest BCUT2D eigenvalue weighted by Crippen LogP contribution is -2.38. The molecule has 0 aliphatic carbocycles. The zero-order chi connectivity index (χ0) is 17.0. The molecular formula is C17H28N4O2. The molecule has 1 aromatic rings. The van der Waals surface area contributed by atoms with E-state index in [0.717, 1.165) is 30.9 Å². The van der Waals surface area contributed by atoms with Crippen LogP contribution in [0.3, 0.4) is 0 Å². The fourth-order valence-electron chi connectivity index (χ4n) is 2.47. The molecule has 6 heteroatoms. The third kappa shape index (κ3) is 5.39. The molecule has 128 valence electrons. The van der Waals surface area contributed by atoms with Gasteiger partial charge in [0.05, 0.1) is 0 Å². The van der Waals surface area contributed by atoms with Crippen LogP contribution < -0.4 is 10.2 Å². The highest BCUT2D eigenvalue weighted by molar-refractivity contribution is 5.68. The quantitative estimate of drug-likeness (QED) is 0.922. The van der Waals surface area contributed by atoms with Crippen molar-refractivity contribution in [3.63, 3.8) is 0 Å². The van der Waals surface area contributed by atoms with Gasteiger partial charge in [-0.15, -0.1) is 0 Å². The van der Waals surface area contributed by atoms with E-state index in [1.807, 2.05) is 52.0 Å². The third-order valence-electron chi connectivity index (χ3n) is 3.70. The molecule has 1 unspecified atom stereocenters. The first-order chi connectivity index (χ1) is 10.7. The largest absolute Gasteiger partial charge is 0.444 e. The van der Waals surface area contributed by atoms with Crippen molar-refractivity contribution < 1.29 is 9.53 Å². The normalized spacial score (nSPS) is 18.1. The van der Waals surface area contributed by atoms with E-state index in [1.165, 1.54) is 0 Å². The number of carbonyl (C=O) groups is 1. The minimum Gasteiger partial charge on any atom is -0.444 e. The third-order valence-corrected chi connectivity index (χ3v) is 3.70. The predicted octanol–water partition coefficient (Wildman–Crippen LogP) is 2.25. The van der Waals surface area contributed by atoms with Crippen molar-refractivity contribution in [2.45, 2.75) is 45.4 Å². The average molecular weight is 320 g/mol. The number of ether oxygens (including phenoxy) is 1. The van der Waals surface area contributed by atoms with Gasteiger partial charge in [0.15, 0.2) is 0 Å². The summed E-state index contributed by atoms with van der Waals surface area (Å²) in [5, 5.41) is 3.49. The zero-order valence-electron chi connectivity index (χ0n) is 14.8. The number of carbonyl (C=O) groups excluding carboxylic acids is 1. The van der Waals surface area contributed by atoms with Gasteiger partial charge < -0.3 is 19.9 Å². The zero-order valence-corrected chi connectivity index (χ0v) is 14.8. The fourth-order valence-corrected chi connectivity index (χ4v) is 2.47. The fraction of sp³-hybridized carbons (Fsp3) is 0.647. The Hall–Kier alpha value is -1.82. The van der Waals surface area contributed by atoms with Crippen molar-refractivity contribution in [2.24, 2.45) is 0 Å². The van der Waals surface area contributed by atoms with Gasteiger partial charge >= 0.3 is 6.09 Å². The van der Waals surface area contributed by atoms with E-state index in [9.17, 15) is 4.79 Å². The Balaban J connectivity index is 1.78. The van der Waals surface area contributed by atoms with Crippen molar-refractivity contribution in [1.29, 1.82) is 0 Å². The number of nitrogens with one attached hydrogen (secondary N) is 1. The van der Waals surface area contributed by atoms with Crippen molar-refractivity contribution in [2.75, 3.05) is 32.1 Å². The predicted molar refractivity (Wildman–Crippen MR) is 91.6 cm³/mol. The van der Waals surface area contributed by atoms with Crippen LogP contribution in [0.4, 0.5) is 10.6 Å². The molecule has 1 N–H and O–H groups in total. The van der Waals surface area contributed by atoms with E-state index >= 15 is 0 Å². The number of rotatable bonds is 4. The second kappa shape index (κ2) is 7.17. The van der Waals surface area contributed by atoms with Crippen LogP contribution in [-0.4, -0.2) is 54.8 Å². The first kappa shape index (κ1) is 17.5. The molecule has 23 heavy (non-hydrogen) atoms. The SMILES string of the molecule is CN(C)c1ccc(CNC2CCN(C(=O)OC(C)(C)C)C2)cn1. The molecule has 1 aromatic heterocycles. The molecule has 0 saturated carbocycles. The summed E-state index contributed by atoms with van der Waals surface area (Å²) in [6, 6.07) is 4.39. The monoisotopic (exact) mass is 320 g/mol. The summed E-state index contributed by atoms with van der Waals surface area (Å²) in [5.41, 5.74) is 0.703. The second-order valence-electron chi connectivity index (χ2n) is 7.21. The van der Waals surface area contributed by atoms with Crippen molar-refractivity contribution >= 4 is 11.9 Å². The lowest BCUT2D eigenvalue weighted by Gasteiger charge is -2.24. The summed E-state index contributed by atoms with van der Waals surface area (Å²) in [6.45, 7) is 7.86. The lowest BCUT2D eigenvalue weighted by molar-refractivity contribution is 0.0291. The van der Waals surface area contributed by atoms with Crippen LogP contribution >= 0.6 is 0 Å². The van der Waals surface area contributed by atoms with Gasteiger partial charge in [0.25, 0.3) is 0 Å². The maximum Gasteiger partial charge on any atom is 0.410 e. The van der Waals surface area contributed by atoms with Gasteiger partial charge in [-0.3, -0.25) is 0 Å². The summed E-state index contributed by atoms with van der Waals surface area (Å²) < 4.78 is 5.41. The maximum absolute atomic E-state index is 12.0. The van der Waals surface area contributed by atoms with Crippen LogP contribution in [0.15, 0.2) is 18.3 Å². The Morgan fingerprint density at radius 1 is 1.43 bits per heavy atom. The van der Waals surface area contributed by atoms with Crippen molar-refractivity contribution in [3.05, 3.63) is 23.9 Å². The molecule has 1 aliphatic heterocycles. The van der Waals surface area contributed by atoms with Gasteiger partial charge in [0.1, 0.15) is 11.4 Å². The molecule has 0 radical (unpaired) electrons. The number of nitrogens with zero attached hydrogens (tertiary/aromatic N) is 3. The Bertz CT molecular complexity index is 522. The van der Waals surface area contributed by atoms with Crippen LogP contribution in [0.25, 0.3) is 0 Å². The van der Waals surface area contributed by atoms with E-state index in [2.05, 4.69) is 16.4 Å². The highest BCUT2D eigenvalue weighted by atomic mass is 16.6. The van der Waals surface area contributed by atoms with Gasteiger partial charge in [0.2, 0.25) is 0 Å². The molecule has 2 heterocycles. The molecule has 0 spiro atoms. The lowest BCUT2D eigenvalue weighted by atomic mass is 10.2. The minimum atomic E-state index is -0.442. The topological polar surface area (TPSA) is 57.7 Å². The van der Waals surface area contributed by atoms with Crippen LogP contribution in [0.1, 0.15) is 32.8 Å². The first-order valence-electron chi connectivity index (χ1n) is 8.08. The van der Waals surface area contributed by atoms with E-state index in [0.29, 0.717) is 12.6 Å². The smallest absolute Gasteiger partial charge is 0.410 e. The van der Waals surface area contributed by atoms with Crippen molar-refractivity contribution in [3.8, 4) is 0 Å². The molecule has 0 bridgehead atoms. The van der Waals surface area contributed by atoms with Crippen LogP contribution in [0.2, 0.25) is 0 Å². The highest BCUT2D eigenvalue weighted by Gasteiger charge is 2.29. The summed E-state index contributed by atoms with van der Waals surface area (Å²) in [7, 11) is 3.95. The van der Waals surface area contributed by atoms with Crippen LogP contribution in [0, 0.1) is 0 Å². The number of hydrogen-bond donors (Lipinski definition) is 1. The van der Waals surface area contributed by atoms with E-state index in [1.54, 1.807) is 4.90 Å². The second-order valence-corrected chi connectivity index (χ2v) is 7.21. The molecule has 1 saturated heterocycles. The number of amides is 1. The summed E-state index contributed by atoms with van der Waals surface area (Å²) in [5.74, 6) is 0.950. The number of hydrogen-bond acceptors (Lipinski definition) is 5. The van der Waals surface area contributed by atoms with Gasteiger partial charge in [-0.05, 0) is 38.8 Å². The average Bonchev–Trinajstić information content (AvgIpc) is 2.93. The summed E-state index contributed by atoms with van der Waals surface area (Å²) in [6.07, 6.45) is 2.62. The molecule has 0 aromatic carbocycles. The number of likely N-dealkylation sites (tertiary alicyclic amines) is 1. The molecule has 1 aliphatic rings. The van der Waals surface area contributed by atoms with E-state index in [-0.39, 0.29) is 6.09 Å². The standard InChI is InChI=1S/C17H28N4O2/c1-17(2,3)23-16(22)21-9-8-14(12-21)18-10-13-6-7-15(19-11-13)20(4)5/h6-7,11,14,18H,8-10,12H2,1-5H3.